The number of nitrogen functional groups attached to an aromatic ring is 1. The number of hydrogen-bond donors (Lipinski definition) is 3. The minimum atomic E-state index is 0.264. The summed E-state index contributed by atoms with van der Waals surface area (Å²) in [5, 5.41) is 7.62. The van der Waals surface area contributed by atoms with Crippen LogP contribution in [0.4, 0.5) is 11.6 Å². The molecule has 7 heteroatoms. The summed E-state index contributed by atoms with van der Waals surface area (Å²) in [6.07, 6.45) is 0.944. The van der Waals surface area contributed by atoms with Gasteiger partial charge in [0.05, 0.1) is 0 Å². The first-order valence-electron chi connectivity index (χ1n) is 6.91. The Kier molecular flexibility index (Phi) is 5.91. The van der Waals surface area contributed by atoms with Crippen molar-refractivity contribution < 1.29 is 4.74 Å². The topological polar surface area (TPSA) is 85.1 Å². The van der Waals surface area contributed by atoms with E-state index in [2.05, 4.69) is 44.5 Å². The maximum Gasteiger partial charge on any atom is 0.158 e. The molecule has 0 saturated carbocycles. The minimum Gasteiger partial charge on any atom is -0.374 e. The molecule has 1 unspecified atom stereocenters. The van der Waals surface area contributed by atoms with Crippen LogP contribution in [0.25, 0.3) is 0 Å². The number of hydrogen-bond acceptors (Lipinski definition) is 7. The summed E-state index contributed by atoms with van der Waals surface area (Å²) < 4.78 is 5.34. The predicted molar refractivity (Wildman–Crippen MR) is 86.3 cm³/mol. The van der Waals surface area contributed by atoms with Gasteiger partial charge in [-0.15, -0.1) is 0 Å². The van der Waals surface area contributed by atoms with E-state index in [9.17, 15) is 0 Å². The molecule has 0 saturated heterocycles. The van der Waals surface area contributed by atoms with Crippen molar-refractivity contribution in [2.45, 2.75) is 32.9 Å². The van der Waals surface area contributed by atoms with Crippen molar-refractivity contribution >= 4 is 23.0 Å². The fourth-order valence-electron chi connectivity index (χ4n) is 1.97. The molecule has 0 spiro atoms. The normalized spacial score (nSPS) is 12.1. The number of nitrogens with one attached hydrogen (secondary N) is 2. The van der Waals surface area contributed by atoms with E-state index in [4.69, 9.17) is 10.6 Å². The number of nitrogens with zero attached hydrogens (tertiary/aromatic N) is 2. The maximum atomic E-state index is 5.45. The van der Waals surface area contributed by atoms with Gasteiger partial charge < -0.3 is 15.5 Å². The molecule has 0 aromatic carbocycles. The van der Waals surface area contributed by atoms with Crippen LogP contribution in [-0.2, 0) is 17.8 Å². The molecule has 0 aliphatic carbocycles. The number of thiophene rings is 1. The van der Waals surface area contributed by atoms with Gasteiger partial charge in [0.25, 0.3) is 0 Å². The second-order valence-electron chi connectivity index (χ2n) is 4.72. The maximum absolute atomic E-state index is 5.45. The van der Waals surface area contributed by atoms with Gasteiger partial charge in [0.15, 0.2) is 5.82 Å². The number of hydrazine groups is 1. The van der Waals surface area contributed by atoms with E-state index in [-0.39, 0.29) is 6.04 Å². The first kappa shape index (κ1) is 15.7. The Bertz CT molecular complexity index is 546. The molecular weight excluding hydrogens is 286 g/mol. The van der Waals surface area contributed by atoms with Gasteiger partial charge in [0, 0.05) is 18.7 Å². The van der Waals surface area contributed by atoms with Gasteiger partial charge >= 0.3 is 0 Å². The lowest BCUT2D eigenvalue weighted by Crippen LogP contribution is -2.20. The predicted octanol–water partition coefficient (Wildman–Crippen LogP) is 2.40. The number of nitrogens with two attached hydrogens (primary N) is 1. The molecule has 0 radical (unpaired) electrons. The molecule has 2 aromatic rings. The third-order valence-corrected chi connectivity index (χ3v) is 3.60. The Labute approximate surface area is 128 Å². The largest absolute Gasteiger partial charge is 0.374 e. The lowest BCUT2D eigenvalue weighted by atomic mass is 10.1. The van der Waals surface area contributed by atoms with E-state index in [1.165, 1.54) is 5.56 Å². The average molecular weight is 307 g/mol. The van der Waals surface area contributed by atoms with Gasteiger partial charge in [-0.25, -0.2) is 15.8 Å². The molecular formula is C14H21N5OS. The molecule has 21 heavy (non-hydrogen) atoms. The highest BCUT2D eigenvalue weighted by atomic mass is 32.1. The van der Waals surface area contributed by atoms with Crippen molar-refractivity contribution in [1.82, 2.24) is 9.97 Å². The molecule has 0 aliphatic heterocycles. The van der Waals surface area contributed by atoms with Gasteiger partial charge in [-0.1, -0.05) is 0 Å². The van der Waals surface area contributed by atoms with Gasteiger partial charge in [0.1, 0.15) is 18.2 Å². The standard InChI is InChI=1S/C14H21N5OS/c1-3-20-8-14-17-12(7-13(18-14)19-15)16-10(2)6-11-4-5-21-9-11/h4-5,7,9-10H,3,6,8,15H2,1-2H3,(H2,16,17,18,19). The van der Waals surface area contributed by atoms with Crippen LogP contribution in [-0.4, -0.2) is 22.6 Å². The molecule has 6 nitrogen and oxygen atoms in total. The van der Waals surface area contributed by atoms with Gasteiger partial charge in [-0.05, 0) is 42.7 Å². The zero-order valence-electron chi connectivity index (χ0n) is 12.3. The molecule has 2 heterocycles. The number of aromatic nitrogens is 2. The summed E-state index contributed by atoms with van der Waals surface area (Å²) in [6, 6.07) is 4.19. The Morgan fingerprint density at radius 2 is 2.19 bits per heavy atom. The van der Waals surface area contributed by atoms with E-state index < -0.39 is 0 Å². The number of ether oxygens (including phenoxy) is 1. The zero-order valence-corrected chi connectivity index (χ0v) is 13.1. The summed E-state index contributed by atoms with van der Waals surface area (Å²) >= 11 is 1.71. The summed E-state index contributed by atoms with van der Waals surface area (Å²) in [5.74, 6) is 7.38. The van der Waals surface area contributed by atoms with Crippen molar-refractivity contribution in [3.05, 3.63) is 34.3 Å². The molecule has 2 rings (SSSR count). The van der Waals surface area contributed by atoms with E-state index in [1.807, 2.05) is 6.92 Å². The highest BCUT2D eigenvalue weighted by Crippen LogP contribution is 2.15. The van der Waals surface area contributed by atoms with E-state index in [0.29, 0.717) is 24.9 Å². The van der Waals surface area contributed by atoms with Crippen LogP contribution in [0.3, 0.4) is 0 Å². The lowest BCUT2D eigenvalue weighted by Gasteiger charge is -2.15. The summed E-state index contributed by atoms with van der Waals surface area (Å²) in [4.78, 5) is 8.71. The summed E-state index contributed by atoms with van der Waals surface area (Å²) in [7, 11) is 0. The van der Waals surface area contributed by atoms with Gasteiger partial charge in [-0.3, -0.25) is 0 Å². The second kappa shape index (κ2) is 7.92. The first-order valence-corrected chi connectivity index (χ1v) is 7.85. The summed E-state index contributed by atoms with van der Waals surface area (Å²) in [6.45, 7) is 5.06. The van der Waals surface area contributed by atoms with Crippen molar-refractivity contribution in [1.29, 1.82) is 0 Å². The van der Waals surface area contributed by atoms with Crippen molar-refractivity contribution in [2.75, 3.05) is 17.3 Å². The van der Waals surface area contributed by atoms with E-state index in [1.54, 1.807) is 17.4 Å². The minimum absolute atomic E-state index is 0.264. The quantitative estimate of drug-likeness (QED) is 0.513. The fraction of sp³-hybridized carbons (Fsp3) is 0.429. The monoisotopic (exact) mass is 307 g/mol. The van der Waals surface area contributed by atoms with Crippen molar-refractivity contribution in [2.24, 2.45) is 5.84 Å². The molecule has 0 bridgehead atoms. The molecule has 0 aliphatic rings. The van der Waals surface area contributed by atoms with Crippen molar-refractivity contribution in [3.63, 3.8) is 0 Å². The Morgan fingerprint density at radius 3 is 2.86 bits per heavy atom. The van der Waals surface area contributed by atoms with Crippen molar-refractivity contribution in [3.8, 4) is 0 Å². The average Bonchev–Trinajstić information content (AvgIpc) is 2.97. The van der Waals surface area contributed by atoms with Crippen LogP contribution in [0, 0.1) is 0 Å². The second-order valence-corrected chi connectivity index (χ2v) is 5.50. The highest BCUT2D eigenvalue weighted by Gasteiger charge is 2.08. The van der Waals surface area contributed by atoms with E-state index in [0.717, 1.165) is 12.2 Å². The molecule has 1 atom stereocenters. The van der Waals surface area contributed by atoms with Crippen LogP contribution >= 0.6 is 11.3 Å². The molecule has 2 aromatic heterocycles. The molecule has 0 fully saturated rings. The fourth-order valence-corrected chi connectivity index (χ4v) is 2.65. The summed E-state index contributed by atoms with van der Waals surface area (Å²) in [5.41, 5.74) is 3.88. The third kappa shape index (κ3) is 4.96. The van der Waals surface area contributed by atoms with Crippen LogP contribution in [0.5, 0.6) is 0 Å². The molecule has 0 amide bonds. The molecule has 114 valence electrons. The van der Waals surface area contributed by atoms with Crippen LogP contribution in [0.15, 0.2) is 22.9 Å². The van der Waals surface area contributed by atoms with E-state index >= 15 is 0 Å². The zero-order chi connectivity index (χ0) is 15.1. The van der Waals surface area contributed by atoms with Crippen LogP contribution in [0.1, 0.15) is 25.2 Å². The van der Waals surface area contributed by atoms with Crippen LogP contribution < -0.4 is 16.6 Å². The SMILES string of the molecule is CCOCc1nc(NN)cc(NC(C)Cc2ccsc2)n1. The first-order chi connectivity index (χ1) is 10.2. The Balaban J connectivity index is 2.03. The molecule has 4 N–H and O–H groups in total. The van der Waals surface area contributed by atoms with Gasteiger partial charge in [-0.2, -0.15) is 11.3 Å². The Hall–Kier alpha value is -1.70. The number of rotatable bonds is 8. The lowest BCUT2D eigenvalue weighted by molar-refractivity contribution is 0.128. The van der Waals surface area contributed by atoms with Crippen LogP contribution in [0.2, 0.25) is 0 Å². The Morgan fingerprint density at radius 1 is 1.38 bits per heavy atom. The van der Waals surface area contributed by atoms with Gasteiger partial charge in [0.2, 0.25) is 0 Å². The highest BCUT2D eigenvalue weighted by molar-refractivity contribution is 7.07. The third-order valence-electron chi connectivity index (χ3n) is 2.87. The smallest absolute Gasteiger partial charge is 0.158 e. The number of anilines is 2.